The van der Waals surface area contributed by atoms with Crippen molar-refractivity contribution in [3.63, 3.8) is 0 Å². The summed E-state index contributed by atoms with van der Waals surface area (Å²) in [6.07, 6.45) is 5.53. The van der Waals surface area contributed by atoms with Crippen LogP contribution >= 0.6 is 0 Å². The zero-order chi connectivity index (χ0) is 27.9. The minimum Gasteiger partial charge on any atom is -0.363 e. The molecule has 204 valence electrons. The van der Waals surface area contributed by atoms with Crippen LogP contribution in [0.4, 0.5) is 5.82 Å². The molecule has 6 nitrogen and oxygen atoms in total. The number of hydrogen-bond acceptors (Lipinski definition) is 6. The van der Waals surface area contributed by atoms with E-state index in [1.165, 1.54) is 0 Å². The van der Waals surface area contributed by atoms with E-state index in [4.69, 9.17) is 0 Å². The number of pyridine rings is 3. The molecule has 0 aliphatic carbocycles. The molecule has 2 N–H and O–H groups in total. The van der Waals surface area contributed by atoms with E-state index in [1.54, 1.807) is 6.20 Å². The molecule has 3 heterocycles. The van der Waals surface area contributed by atoms with Gasteiger partial charge >= 0.3 is 0 Å². The van der Waals surface area contributed by atoms with Gasteiger partial charge in [-0.1, -0.05) is 26.0 Å². The maximum Gasteiger partial charge on any atom is 0.128 e. The molecule has 0 bridgehead atoms. The average Bonchev–Trinajstić information content (AvgIpc) is 2.85. The van der Waals surface area contributed by atoms with E-state index in [-0.39, 0.29) is 11.1 Å². The van der Waals surface area contributed by atoms with Crippen LogP contribution in [-0.4, -0.2) is 53.2 Å². The van der Waals surface area contributed by atoms with Crippen LogP contribution in [0.1, 0.15) is 66.8 Å². The lowest BCUT2D eigenvalue weighted by Gasteiger charge is -2.20. The topological polar surface area (TPSA) is 66.0 Å². The van der Waals surface area contributed by atoms with Crippen molar-refractivity contribution in [2.24, 2.45) is 0 Å². The number of anilines is 1. The molecule has 0 fully saturated rings. The Hall–Kier alpha value is -2.83. The van der Waals surface area contributed by atoms with Gasteiger partial charge in [0.25, 0.3) is 0 Å². The Morgan fingerprint density at radius 3 is 1.73 bits per heavy atom. The number of nitrogens with one attached hydrogen (secondary N) is 2. The monoisotopic (exact) mass is 506 g/mol. The third-order valence-electron chi connectivity index (χ3n) is 5.09. The molecule has 0 aromatic carbocycles. The summed E-state index contributed by atoms with van der Waals surface area (Å²) in [7, 11) is 4.03. The van der Waals surface area contributed by atoms with E-state index in [0.717, 1.165) is 54.4 Å². The van der Waals surface area contributed by atoms with Crippen molar-refractivity contribution in [3.8, 4) is 11.3 Å². The first-order valence-corrected chi connectivity index (χ1v) is 13.4. The van der Waals surface area contributed by atoms with Crippen LogP contribution < -0.4 is 15.5 Å². The minimum atomic E-state index is 0.154. The normalized spacial score (nSPS) is 11.1. The molecule has 37 heavy (non-hydrogen) atoms. The van der Waals surface area contributed by atoms with Gasteiger partial charge in [0.1, 0.15) is 5.82 Å². The summed E-state index contributed by atoms with van der Waals surface area (Å²) in [6.45, 7) is 19.0. The van der Waals surface area contributed by atoms with Crippen molar-refractivity contribution >= 4 is 5.82 Å². The third kappa shape index (κ3) is 14.5. The lowest BCUT2D eigenvalue weighted by Crippen LogP contribution is -2.37. The fraction of sp³-hybridized carbons (Fsp3) is 0.516. The molecule has 3 rings (SSSR count). The van der Waals surface area contributed by atoms with Crippen LogP contribution in [0.2, 0.25) is 0 Å². The molecule has 0 aliphatic rings. The standard InChI is InChI=1S/C16H21N3.C13H23N3.C2H6/c1-16(2,3)18-11-9-14-7-4-8-15(19-14)13-6-5-10-17-12-13;1-13(2,3)14-10-9-11-7-6-8-12(15-11)16(4)5;1-2/h4-8,10,12,18H,9,11H2,1-3H3;6-8,14H,9-10H2,1-5H3;1-2H3. The van der Waals surface area contributed by atoms with Crippen LogP contribution in [-0.2, 0) is 12.8 Å². The van der Waals surface area contributed by atoms with Crippen molar-refractivity contribution in [2.75, 3.05) is 32.1 Å². The van der Waals surface area contributed by atoms with E-state index >= 15 is 0 Å². The van der Waals surface area contributed by atoms with E-state index in [2.05, 4.69) is 91.4 Å². The number of rotatable bonds is 8. The summed E-state index contributed by atoms with van der Waals surface area (Å²) in [4.78, 5) is 15.4. The van der Waals surface area contributed by atoms with Crippen LogP contribution in [0.3, 0.4) is 0 Å². The summed E-state index contributed by atoms with van der Waals surface area (Å²) in [6, 6.07) is 16.3. The molecule has 3 aromatic heterocycles. The Morgan fingerprint density at radius 2 is 1.24 bits per heavy atom. The van der Waals surface area contributed by atoms with E-state index in [9.17, 15) is 0 Å². The van der Waals surface area contributed by atoms with Gasteiger partial charge in [0.2, 0.25) is 0 Å². The Labute approximate surface area is 226 Å². The fourth-order valence-electron chi connectivity index (χ4n) is 3.28. The highest BCUT2D eigenvalue weighted by Gasteiger charge is 2.09. The molecule has 3 aromatic rings. The Bertz CT molecular complexity index is 1000. The molecule has 0 atom stereocenters. The second-order valence-corrected chi connectivity index (χ2v) is 11.0. The molecule has 6 heteroatoms. The van der Waals surface area contributed by atoms with Gasteiger partial charge in [-0.2, -0.15) is 0 Å². The molecule has 0 radical (unpaired) electrons. The van der Waals surface area contributed by atoms with Gasteiger partial charge in [0.15, 0.2) is 0 Å². The predicted molar refractivity (Wildman–Crippen MR) is 160 cm³/mol. The van der Waals surface area contributed by atoms with Gasteiger partial charge < -0.3 is 15.5 Å². The number of aromatic nitrogens is 3. The second-order valence-electron chi connectivity index (χ2n) is 11.0. The molecular formula is C31H50N6. The maximum atomic E-state index is 4.68. The zero-order valence-electron chi connectivity index (χ0n) is 24.9. The van der Waals surface area contributed by atoms with Gasteiger partial charge in [0, 0.05) is 80.4 Å². The number of nitrogens with zero attached hydrogens (tertiary/aromatic N) is 4. The highest BCUT2D eigenvalue weighted by Crippen LogP contribution is 2.15. The van der Waals surface area contributed by atoms with Crippen LogP contribution in [0.15, 0.2) is 60.9 Å². The molecule has 0 unspecified atom stereocenters. The van der Waals surface area contributed by atoms with Crippen molar-refractivity contribution in [1.29, 1.82) is 0 Å². The lowest BCUT2D eigenvalue weighted by atomic mass is 10.1. The average molecular weight is 507 g/mol. The quantitative estimate of drug-likeness (QED) is 0.380. The summed E-state index contributed by atoms with van der Waals surface area (Å²) in [5, 5.41) is 6.94. The summed E-state index contributed by atoms with van der Waals surface area (Å²) in [5.74, 6) is 1.02. The molecule has 0 spiro atoms. The van der Waals surface area contributed by atoms with Crippen LogP contribution in [0, 0.1) is 0 Å². The molecule has 0 saturated carbocycles. The molecule has 0 amide bonds. The zero-order valence-corrected chi connectivity index (χ0v) is 24.9. The van der Waals surface area contributed by atoms with E-state index in [0.29, 0.717) is 0 Å². The van der Waals surface area contributed by atoms with Crippen molar-refractivity contribution in [3.05, 3.63) is 72.3 Å². The molecule has 0 aliphatic heterocycles. The molecular weight excluding hydrogens is 456 g/mol. The summed E-state index contributed by atoms with van der Waals surface area (Å²) < 4.78 is 0. The summed E-state index contributed by atoms with van der Waals surface area (Å²) in [5.41, 5.74) is 4.63. The van der Waals surface area contributed by atoms with Gasteiger partial charge in [-0.15, -0.1) is 0 Å². The highest BCUT2D eigenvalue weighted by atomic mass is 15.1. The Kier molecular flexibility index (Phi) is 14.0. The smallest absolute Gasteiger partial charge is 0.128 e. The van der Waals surface area contributed by atoms with Crippen molar-refractivity contribution in [1.82, 2.24) is 25.6 Å². The Morgan fingerprint density at radius 1 is 0.703 bits per heavy atom. The number of hydrogen-bond donors (Lipinski definition) is 2. The fourth-order valence-corrected chi connectivity index (χ4v) is 3.28. The Balaban J connectivity index is 0.000000352. The van der Waals surface area contributed by atoms with Crippen molar-refractivity contribution < 1.29 is 0 Å². The minimum absolute atomic E-state index is 0.154. The SMILES string of the molecule is CC.CC(C)(C)NCCc1cccc(-c2cccnc2)n1.CN(C)c1cccc(CCNC(C)(C)C)n1. The second kappa shape index (κ2) is 16.1. The first kappa shape index (κ1) is 32.2. The van der Waals surface area contributed by atoms with E-state index < -0.39 is 0 Å². The summed E-state index contributed by atoms with van der Waals surface area (Å²) >= 11 is 0. The largest absolute Gasteiger partial charge is 0.363 e. The third-order valence-corrected chi connectivity index (χ3v) is 5.09. The van der Waals surface area contributed by atoms with Crippen molar-refractivity contribution in [2.45, 2.75) is 79.3 Å². The predicted octanol–water partition coefficient (Wildman–Crippen LogP) is 6.18. The van der Waals surface area contributed by atoms with Gasteiger partial charge in [-0.25, -0.2) is 4.98 Å². The van der Waals surface area contributed by atoms with E-state index in [1.807, 2.05) is 63.3 Å². The maximum absolute atomic E-state index is 4.68. The first-order chi connectivity index (χ1) is 17.4. The van der Waals surface area contributed by atoms with Gasteiger partial charge in [-0.3, -0.25) is 9.97 Å². The highest BCUT2D eigenvalue weighted by molar-refractivity contribution is 5.57. The van der Waals surface area contributed by atoms with Gasteiger partial charge in [-0.05, 0) is 77.9 Å². The molecule has 0 saturated heterocycles. The first-order valence-electron chi connectivity index (χ1n) is 13.4. The lowest BCUT2D eigenvalue weighted by molar-refractivity contribution is 0.428. The van der Waals surface area contributed by atoms with Crippen LogP contribution in [0.25, 0.3) is 11.3 Å². The van der Waals surface area contributed by atoms with Crippen LogP contribution in [0.5, 0.6) is 0 Å². The van der Waals surface area contributed by atoms with Gasteiger partial charge in [0.05, 0.1) is 5.69 Å².